The molecule has 132 valence electrons. The normalized spacial score (nSPS) is 17.1. The number of Topliss-reactive ketones (excluding diaryl/α,β-unsaturated/α-hetero) is 1. The molecule has 1 atom stereocenters. The van der Waals surface area contributed by atoms with Gasteiger partial charge in [-0.15, -0.1) is 0 Å². The van der Waals surface area contributed by atoms with E-state index >= 15 is 0 Å². The molecule has 1 aromatic carbocycles. The standard InChI is InChI=1S/C16H16N2O7/c1-9(19)13-14(10-4-2-5-11(8-10)18(24)25)17(16(23)15(13)22)7-3-6-12(20)21/h2,4-5,8,14,22H,3,6-7H2,1H3,(H,20,21). The highest BCUT2D eigenvalue weighted by Crippen LogP contribution is 2.38. The van der Waals surface area contributed by atoms with Gasteiger partial charge in [-0.05, 0) is 18.9 Å². The summed E-state index contributed by atoms with van der Waals surface area (Å²) in [6, 6.07) is 4.44. The fourth-order valence-corrected chi connectivity index (χ4v) is 2.80. The average Bonchev–Trinajstić information content (AvgIpc) is 2.79. The van der Waals surface area contributed by atoms with E-state index in [9.17, 15) is 29.6 Å². The number of carbonyl (C=O) groups is 3. The van der Waals surface area contributed by atoms with Crippen molar-refractivity contribution in [2.75, 3.05) is 6.54 Å². The maximum Gasteiger partial charge on any atom is 0.303 e. The highest BCUT2D eigenvalue weighted by Gasteiger charge is 2.42. The zero-order chi connectivity index (χ0) is 18.7. The first-order chi connectivity index (χ1) is 11.7. The Bertz CT molecular complexity index is 784. The van der Waals surface area contributed by atoms with Crippen molar-refractivity contribution < 1.29 is 29.5 Å². The lowest BCUT2D eigenvalue weighted by Crippen LogP contribution is -2.32. The minimum atomic E-state index is -1.04. The third-order valence-electron chi connectivity index (χ3n) is 3.87. The van der Waals surface area contributed by atoms with Crippen molar-refractivity contribution in [3.05, 3.63) is 51.3 Å². The molecule has 25 heavy (non-hydrogen) atoms. The van der Waals surface area contributed by atoms with Crippen LogP contribution in [0, 0.1) is 10.1 Å². The number of rotatable bonds is 7. The molecule has 9 heteroatoms. The number of carbonyl (C=O) groups excluding carboxylic acids is 2. The molecule has 0 aliphatic carbocycles. The molecule has 0 saturated heterocycles. The molecule has 1 unspecified atom stereocenters. The van der Waals surface area contributed by atoms with Crippen LogP contribution < -0.4 is 0 Å². The van der Waals surface area contributed by atoms with Crippen molar-refractivity contribution >= 4 is 23.3 Å². The van der Waals surface area contributed by atoms with Gasteiger partial charge in [0.2, 0.25) is 0 Å². The maximum atomic E-state index is 12.3. The van der Waals surface area contributed by atoms with Gasteiger partial charge < -0.3 is 15.1 Å². The molecule has 2 rings (SSSR count). The molecule has 0 fully saturated rings. The molecule has 1 aromatic rings. The molecule has 0 aromatic heterocycles. The second-order valence-corrected chi connectivity index (χ2v) is 5.57. The van der Waals surface area contributed by atoms with Crippen LogP contribution in [0.1, 0.15) is 31.4 Å². The van der Waals surface area contributed by atoms with Gasteiger partial charge >= 0.3 is 5.97 Å². The minimum Gasteiger partial charge on any atom is -0.503 e. The van der Waals surface area contributed by atoms with Crippen LogP contribution in [0.2, 0.25) is 0 Å². The Kier molecular flexibility index (Phi) is 5.16. The van der Waals surface area contributed by atoms with Gasteiger partial charge in [0.1, 0.15) is 0 Å². The summed E-state index contributed by atoms with van der Waals surface area (Å²) in [5.41, 5.74) is -0.0716. The van der Waals surface area contributed by atoms with Crippen LogP contribution in [0.15, 0.2) is 35.6 Å². The molecule has 1 aliphatic heterocycles. The zero-order valence-corrected chi connectivity index (χ0v) is 13.3. The van der Waals surface area contributed by atoms with Crippen LogP contribution in [0.5, 0.6) is 0 Å². The number of ketones is 1. The largest absolute Gasteiger partial charge is 0.503 e. The highest BCUT2D eigenvalue weighted by molar-refractivity contribution is 6.08. The number of carboxylic acids is 1. The number of non-ortho nitro benzene ring substituents is 1. The van der Waals surface area contributed by atoms with E-state index in [1.807, 2.05) is 0 Å². The number of amides is 1. The van der Waals surface area contributed by atoms with Gasteiger partial charge in [-0.1, -0.05) is 12.1 Å². The predicted molar refractivity (Wildman–Crippen MR) is 84.8 cm³/mol. The molecule has 0 spiro atoms. The molecule has 9 nitrogen and oxygen atoms in total. The van der Waals surface area contributed by atoms with Crippen LogP contribution >= 0.6 is 0 Å². The number of nitro benzene ring substituents is 1. The molecular formula is C16H16N2O7. The van der Waals surface area contributed by atoms with E-state index in [4.69, 9.17) is 5.11 Å². The van der Waals surface area contributed by atoms with Crippen LogP contribution in [0.4, 0.5) is 5.69 Å². The molecule has 1 amide bonds. The quantitative estimate of drug-likeness (QED) is 0.565. The monoisotopic (exact) mass is 348 g/mol. The molecule has 0 saturated carbocycles. The Hall–Kier alpha value is -3.23. The molecular weight excluding hydrogens is 332 g/mol. The SMILES string of the molecule is CC(=O)C1=C(O)C(=O)N(CCCC(=O)O)C1c1cccc([N+](=O)[O-])c1. The van der Waals surface area contributed by atoms with E-state index in [-0.39, 0.29) is 30.6 Å². The van der Waals surface area contributed by atoms with Crippen molar-refractivity contribution in [1.29, 1.82) is 0 Å². The third kappa shape index (κ3) is 3.65. The Morgan fingerprint density at radius 2 is 2.04 bits per heavy atom. The Morgan fingerprint density at radius 3 is 2.60 bits per heavy atom. The lowest BCUT2D eigenvalue weighted by Gasteiger charge is -2.26. The zero-order valence-electron chi connectivity index (χ0n) is 13.3. The van der Waals surface area contributed by atoms with E-state index in [0.717, 1.165) is 4.90 Å². The molecule has 0 radical (unpaired) electrons. The molecule has 2 N–H and O–H groups in total. The van der Waals surface area contributed by atoms with E-state index in [2.05, 4.69) is 0 Å². The minimum absolute atomic E-state index is 0.0146. The average molecular weight is 348 g/mol. The summed E-state index contributed by atoms with van der Waals surface area (Å²) < 4.78 is 0. The van der Waals surface area contributed by atoms with Gasteiger partial charge in [0.25, 0.3) is 11.6 Å². The summed E-state index contributed by atoms with van der Waals surface area (Å²) in [5, 5.41) is 29.7. The lowest BCUT2D eigenvalue weighted by atomic mass is 9.96. The van der Waals surface area contributed by atoms with Crippen molar-refractivity contribution in [1.82, 2.24) is 4.90 Å². The second-order valence-electron chi connectivity index (χ2n) is 5.57. The first kappa shape index (κ1) is 18.1. The summed E-state index contributed by atoms with van der Waals surface area (Å²) in [6.07, 6.45) is -0.0768. The first-order valence-corrected chi connectivity index (χ1v) is 7.45. The summed E-state index contributed by atoms with van der Waals surface area (Å²) in [4.78, 5) is 46.4. The van der Waals surface area contributed by atoms with E-state index in [1.54, 1.807) is 0 Å². The lowest BCUT2D eigenvalue weighted by molar-refractivity contribution is -0.384. The van der Waals surface area contributed by atoms with Crippen molar-refractivity contribution in [2.24, 2.45) is 0 Å². The number of hydrogen-bond acceptors (Lipinski definition) is 6. The van der Waals surface area contributed by atoms with E-state index in [0.29, 0.717) is 5.56 Å². The smallest absolute Gasteiger partial charge is 0.303 e. The second kappa shape index (κ2) is 7.12. The van der Waals surface area contributed by atoms with Gasteiger partial charge in [0.05, 0.1) is 16.5 Å². The number of carboxylic acid groups (broad SMARTS) is 1. The number of nitro groups is 1. The van der Waals surface area contributed by atoms with Crippen LogP contribution in [0.25, 0.3) is 0 Å². The topological polar surface area (TPSA) is 138 Å². The number of aliphatic hydroxyl groups is 1. The van der Waals surface area contributed by atoms with Gasteiger partial charge in [0, 0.05) is 25.1 Å². The highest BCUT2D eigenvalue weighted by atomic mass is 16.6. The van der Waals surface area contributed by atoms with E-state index < -0.39 is 34.4 Å². The van der Waals surface area contributed by atoms with Crippen molar-refractivity contribution in [2.45, 2.75) is 25.8 Å². The maximum absolute atomic E-state index is 12.3. The van der Waals surface area contributed by atoms with Crippen LogP contribution in [-0.4, -0.2) is 44.2 Å². The molecule has 0 bridgehead atoms. The number of benzene rings is 1. The molecule has 1 heterocycles. The summed E-state index contributed by atoms with van der Waals surface area (Å²) >= 11 is 0. The number of hydrogen-bond donors (Lipinski definition) is 2. The van der Waals surface area contributed by atoms with Crippen molar-refractivity contribution in [3.8, 4) is 0 Å². The van der Waals surface area contributed by atoms with Gasteiger partial charge in [0.15, 0.2) is 11.5 Å². The summed E-state index contributed by atoms with van der Waals surface area (Å²) in [6.45, 7) is 1.17. The fourth-order valence-electron chi connectivity index (χ4n) is 2.80. The van der Waals surface area contributed by atoms with Gasteiger partial charge in [-0.25, -0.2) is 0 Å². The Morgan fingerprint density at radius 1 is 1.36 bits per heavy atom. The van der Waals surface area contributed by atoms with Crippen LogP contribution in [-0.2, 0) is 14.4 Å². The third-order valence-corrected chi connectivity index (χ3v) is 3.87. The number of aliphatic carboxylic acids is 1. The predicted octanol–water partition coefficient (Wildman–Crippen LogP) is 1.74. The van der Waals surface area contributed by atoms with Gasteiger partial charge in [-0.3, -0.25) is 24.5 Å². The summed E-state index contributed by atoms with van der Waals surface area (Å²) in [7, 11) is 0. The number of nitrogens with zero attached hydrogens (tertiary/aromatic N) is 2. The molecule has 1 aliphatic rings. The Labute approximate surface area is 142 Å². The number of aliphatic hydroxyl groups excluding tert-OH is 1. The fraction of sp³-hybridized carbons (Fsp3) is 0.312. The van der Waals surface area contributed by atoms with Crippen molar-refractivity contribution in [3.63, 3.8) is 0 Å². The first-order valence-electron chi connectivity index (χ1n) is 7.45. The van der Waals surface area contributed by atoms with Crippen LogP contribution in [0.3, 0.4) is 0 Å². The summed E-state index contributed by atoms with van der Waals surface area (Å²) in [5.74, 6) is -3.09. The van der Waals surface area contributed by atoms with Gasteiger partial charge in [-0.2, -0.15) is 0 Å². The Balaban J connectivity index is 2.44. The van der Waals surface area contributed by atoms with E-state index in [1.165, 1.54) is 31.2 Å².